The molecular weight excluding hydrogens is 194 g/mol. The molecule has 1 heteroatoms. The Bertz CT molecular complexity index is 533. The first kappa shape index (κ1) is 10.9. The fourth-order valence-electron chi connectivity index (χ4n) is 2.16. The molecule has 0 aromatic heterocycles. The van der Waals surface area contributed by atoms with Gasteiger partial charge in [-0.3, -0.25) is 4.99 Å². The Morgan fingerprint density at radius 2 is 1.69 bits per heavy atom. The van der Waals surface area contributed by atoms with Gasteiger partial charge in [-0.15, -0.1) is 0 Å². The molecule has 1 heterocycles. The lowest BCUT2D eigenvalue weighted by molar-refractivity contribution is 1.28. The Kier molecular flexibility index (Phi) is 3.04. The van der Waals surface area contributed by atoms with Crippen LogP contribution in [0.3, 0.4) is 0 Å². The Hall–Kier alpha value is -1.63. The molecule has 0 atom stereocenters. The molecule has 2 aromatic rings. The number of hydrogen-bond acceptors (Lipinski definition) is 1. The molecule has 0 N–H and O–H groups in total. The van der Waals surface area contributed by atoms with Crippen LogP contribution in [0.2, 0.25) is 0 Å². The highest BCUT2D eigenvalue weighted by Crippen LogP contribution is 2.32. The fraction of sp³-hybridized carbons (Fsp3) is 0.267. The Morgan fingerprint density at radius 3 is 2.44 bits per heavy atom. The van der Waals surface area contributed by atoms with Crippen LogP contribution in [0.25, 0.3) is 10.8 Å². The fourth-order valence-corrected chi connectivity index (χ4v) is 2.16. The van der Waals surface area contributed by atoms with E-state index >= 15 is 0 Å². The minimum absolute atomic E-state index is 0.994. The van der Waals surface area contributed by atoms with Crippen LogP contribution in [0.4, 0.5) is 5.69 Å². The monoisotopic (exact) mass is 211 g/mol. The molecule has 16 heavy (non-hydrogen) atoms. The lowest BCUT2D eigenvalue weighted by Crippen LogP contribution is -2.02. The van der Waals surface area contributed by atoms with Crippen LogP contribution in [-0.2, 0) is 6.42 Å². The molecule has 0 aliphatic carbocycles. The van der Waals surface area contributed by atoms with Gasteiger partial charge in [0.2, 0.25) is 0 Å². The molecule has 3 rings (SSSR count). The summed E-state index contributed by atoms with van der Waals surface area (Å²) < 4.78 is 0. The van der Waals surface area contributed by atoms with E-state index in [0.29, 0.717) is 0 Å². The second-order valence-corrected chi connectivity index (χ2v) is 3.82. The zero-order valence-electron chi connectivity index (χ0n) is 10.1. The highest BCUT2D eigenvalue weighted by molar-refractivity contribution is 6.03. The minimum atomic E-state index is 0.994. The van der Waals surface area contributed by atoms with E-state index in [-0.39, 0.29) is 0 Å². The van der Waals surface area contributed by atoms with Crippen molar-refractivity contribution in [1.82, 2.24) is 0 Å². The summed E-state index contributed by atoms with van der Waals surface area (Å²) in [5, 5.41) is 2.64. The molecule has 0 spiro atoms. The molecule has 0 bridgehead atoms. The van der Waals surface area contributed by atoms with Crippen molar-refractivity contribution in [2.75, 3.05) is 0 Å². The van der Waals surface area contributed by atoms with E-state index < -0.39 is 0 Å². The largest absolute Gasteiger partial charge is 0.257 e. The first-order valence-corrected chi connectivity index (χ1v) is 5.89. The van der Waals surface area contributed by atoms with Crippen LogP contribution in [0.15, 0.2) is 41.4 Å². The van der Waals surface area contributed by atoms with Gasteiger partial charge in [-0.2, -0.15) is 0 Å². The quantitative estimate of drug-likeness (QED) is 0.607. The topological polar surface area (TPSA) is 12.4 Å². The van der Waals surface area contributed by atoms with E-state index in [4.69, 9.17) is 0 Å². The number of rotatable bonds is 0. The predicted molar refractivity (Wildman–Crippen MR) is 71.8 cm³/mol. The molecule has 82 valence electrons. The molecule has 0 unspecified atom stereocenters. The third-order valence-electron chi connectivity index (χ3n) is 2.73. The average molecular weight is 211 g/mol. The van der Waals surface area contributed by atoms with Crippen LogP contribution in [0.1, 0.15) is 26.3 Å². The van der Waals surface area contributed by atoms with Crippen molar-refractivity contribution in [1.29, 1.82) is 0 Å². The highest BCUT2D eigenvalue weighted by Gasteiger charge is 2.11. The number of hydrogen-bond donors (Lipinski definition) is 0. The Morgan fingerprint density at radius 1 is 1.00 bits per heavy atom. The van der Waals surface area contributed by atoms with E-state index in [1.165, 1.54) is 22.0 Å². The van der Waals surface area contributed by atoms with Gasteiger partial charge in [0, 0.05) is 17.5 Å². The van der Waals surface area contributed by atoms with Crippen molar-refractivity contribution in [3.63, 3.8) is 0 Å². The molecule has 0 amide bonds. The van der Waals surface area contributed by atoms with Crippen molar-refractivity contribution in [2.45, 2.75) is 27.2 Å². The second-order valence-electron chi connectivity index (χ2n) is 3.82. The summed E-state index contributed by atoms with van der Waals surface area (Å²) in [5.74, 6) is 0. The molecular formula is C15H17N. The van der Waals surface area contributed by atoms with Crippen molar-refractivity contribution in [2.24, 2.45) is 4.99 Å². The van der Waals surface area contributed by atoms with Gasteiger partial charge in [-0.25, -0.2) is 0 Å². The molecule has 1 nitrogen and oxygen atoms in total. The molecule has 1 aliphatic rings. The smallest absolute Gasteiger partial charge is 0.0710 e. The Balaban J connectivity index is 0.000000457. The van der Waals surface area contributed by atoms with Gasteiger partial charge >= 0.3 is 0 Å². The SMILES string of the molecule is CC.CC1=Nc2cccc3cccc(c23)C1. The maximum absolute atomic E-state index is 4.58. The third kappa shape index (κ3) is 1.73. The molecule has 0 fully saturated rings. The highest BCUT2D eigenvalue weighted by atomic mass is 14.8. The van der Waals surface area contributed by atoms with Gasteiger partial charge < -0.3 is 0 Å². The van der Waals surface area contributed by atoms with Crippen molar-refractivity contribution in [3.05, 3.63) is 42.0 Å². The van der Waals surface area contributed by atoms with Gasteiger partial charge in [0.25, 0.3) is 0 Å². The van der Waals surface area contributed by atoms with Crippen LogP contribution in [-0.4, -0.2) is 5.71 Å². The molecule has 0 saturated carbocycles. The summed E-state index contributed by atoms with van der Waals surface area (Å²) in [6.45, 7) is 6.09. The summed E-state index contributed by atoms with van der Waals surface area (Å²) >= 11 is 0. The van der Waals surface area contributed by atoms with Gasteiger partial charge in [0.05, 0.1) is 5.69 Å². The van der Waals surface area contributed by atoms with E-state index in [1.807, 2.05) is 13.8 Å². The lowest BCUT2D eigenvalue weighted by Gasteiger charge is -2.14. The van der Waals surface area contributed by atoms with Gasteiger partial charge in [0.1, 0.15) is 0 Å². The first-order chi connectivity index (χ1) is 7.84. The normalized spacial score (nSPS) is 12.8. The second kappa shape index (κ2) is 4.48. The van der Waals surface area contributed by atoms with Gasteiger partial charge in [0.15, 0.2) is 0 Å². The molecule has 0 saturated heterocycles. The zero-order chi connectivity index (χ0) is 11.5. The van der Waals surface area contributed by atoms with Crippen LogP contribution in [0.5, 0.6) is 0 Å². The molecule has 1 aliphatic heterocycles. The van der Waals surface area contributed by atoms with Gasteiger partial charge in [-0.1, -0.05) is 44.2 Å². The lowest BCUT2D eigenvalue weighted by atomic mass is 9.97. The van der Waals surface area contributed by atoms with E-state index in [0.717, 1.165) is 12.1 Å². The zero-order valence-corrected chi connectivity index (χ0v) is 10.1. The summed E-state index contributed by atoms with van der Waals surface area (Å²) in [6, 6.07) is 12.8. The van der Waals surface area contributed by atoms with Crippen molar-refractivity contribution < 1.29 is 0 Å². The maximum atomic E-state index is 4.58. The summed E-state index contributed by atoms with van der Waals surface area (Å²) in [7, 11) is 0. The third-order valence-corrected chi connectivity index (χ3v) is 2.73. The van der Waals surface area contributed by atoms with Crippen LogP contribution in [0, 0.1) is 0 Å². The number of benzene rings is 2. The maximum Gasteiger partial charge on any atom is 0.0710 e. The van der Waals surface area contributed by atoms with E-state index in [9.17, 15) is 0 Å². The molecule has 2 aromatic carbocycles. The first-order valence-electron chi connectivity index (χ1n) is 5.89. The van der Waals surface area contributed by atoms with Crippen molar-refractivity contribution >= 4 is 22.2 Å². The number of nitrogens with zero attached hydrogens (tertiary/aromatic N) is 1. The van der Waals surface area contributed by atoms with E-state index in [1.54, 1.807) is 0 Å². The molecule has 0 radical (unpaired) electrons. The Labute approximate surface area is 96.8 Å². The standard InChI is InChI=1S/C13H11N.C2H6/c1-9-8-11-6-2-4-10-5-3-7-12(14-9)13(10)11;1-2/h2-7H,8H2,1H3;1-2H3. The minimum Gasteiger partial charge on any atom is -0.257 e. The summed E-state index contributed by atoms with van der Waals surface area (Å²) in [6.07, 6.45) is 0.994. The van der Waals surface area contributed by atoms with Crippen molar-refractivity contribution in [3.8, 4) is 0 Å². The van der Waals surface area contributed by atoms with Gasteiger partial charge in [-0.05, 0) is 23.9 Å². The van der Waals surface area contributed by atoms with E-state index in [2.05, 4.69) is 48.3 Å². The summed E-state index contributed by atoms with van der Waals surface area (Å²) in [5.41, 5.74) is 3.74. The van der Waals surface area contributed by atoms with Crippen LogP contribution < -0.4 is 0 Å². The predicted octanol–water partition coefficient (Wildman–Crippen LogP) is 4.51. The average Bonchev–Trinajstić information content (AvgIpc) is 2.32. The number of aliphatic imine (C=N–C) groups is 1. The summed E-state index contributed by atoms with van der Waals surface area (Å²) in [4.78, 5) is 4.58. The van der Waals surface area contributed by atoms with Crippen LogP contribution >= 0.6 is 0 Å².